The average molecular weight is 258 g/mol. The quantitative estimate of drug-likeness (QED) is 0.687. The summed E-state index contributed by atoms with van der Waals surface area (Å²) in [4.78, 5) is 0. The minimum Gasteiger partial charge on any atom is -0.397 e. The van der Waals surface area contributed by atoms with E-state index < -0.39 is 0 Å². The molecule has 3 aromatic rings. The predicted molar refractivity (Wildman–Crippen MR) is 71.7 cm³/mol. The highest BCUT2D eigenvalue weighted by atomic mass is 16.6. The highest BCUT2D eigenvalue weighted by Crippen LogP contribution is 2.24. The number of benzene rings is 1. The number of hydrogen-bond donors (Lipinski definition) is 2. The second kappa shape index (κ2) is 4.60. The van der Waals surface area contributed by atoms with Gasteiger partial charge >= 0.3 is 0 Å². The summed E-state index contributed by atoms with van der Waals surface area (Å²) in [7, 11) is 0. The van der Waals surface area contributed by atoms with Crippen molar-refractivity contribution >= 4 is 22.4 Å². The van der Waals surface area contributed by atoms with Crippen molar-refractivity contribution in [1.29, 1.82) is 0 Å². The van der Waals surface area contributed by atoms with Gasteiger partial charge in [-0.15, -0.1) is 0 Å². The van der Waals surface area contributed by atoms with Gasteiger partial charge in [0, 0.05) is 12.7 Å². The molecule has 3 N–H and O–H groups in total. The summed E-state index contributed by atoms with van der Waals surface area (Å²) in [6, 6.07) is 3.66. The monoisotopic (exact) mass is 258 g/mol. The van der Waals surface area contributed by atoms with Gasteiger partial charge in [-0.3, -0.25) is 4.68 Å². The highest BCUT2D eigenvalue weighted by Gasteiger charge is 2.09. The van der Waals surface area contributed by atoms with Crippen molar-refractivity contribution < 1.29 is 4.63 Å². The number of aryl methyl sites for hydroxylation is 1. The van der Waals surface area contributed by atoms with Crippen molar-refractivity contribution in [3.63, 3.8) is 0 Å². The lowest BCUT2D eigenvalue weighted by Crippen LogP contribution is -2.11. The van der Waals surface area contributed by atoms with Gasteiger partial charge in [0.25, 0.3) is 0 Å². The lowest BCUT2D eigenvalue weighted by atomic mass is 10.2. The topological polar surface area (TPSA) is 94.8 Å². The van der Waals surface area contributed by atoms with E-state index in [1.807, 2.05) is 30.1 Å². The van der Waals surface area contributed by atoms with Gasteiger partial charge in [-0.2, -0.15) is 5.10 Å². The largest absolute Gasteiger partial charge is 0.397 e. The second-order valence-corrected chi connectivity index (χ2v) is 4.37. The van der Waals surface area contributed by atoms with E-state index in [9.17, 15) is 0 Å². The summed E-state index contributed by atoms with van der Waals surface area (Å²) in [5, 5.41) is 15.1. The van der Waals surface area contributed by atoms with E-state index in [4.69, 9.17) is 10.4 Å². The molecule has 0 saturated heterocycles. The number of anilines is 2. The first-order chi connectivity index (χ1) is 9.24. The maximum atomic E-state index is 5.79. The first-order valence-electron chi connectivity index (χ1n) is 5.98. The Labute approximate surface area is 109 Å². The van der Waals surface area contributed by atoms with Crippen molar-refractivity contribution in [2.75, 3.05) is 17.6 Å². The van der Waals surface area contributed by atoms with Crippen molar-refractivity contribution in [2.24, 2.45) is 0 Å². The van der Waals surface area contributed by atoms with Crippen LogP contribution >= 0.6 is 0 Å². The Balaban J connectivity index is 1.72. The number of nitrogens with two attached hydrogens (primary N) is 1. The normalized spacial score (nSPS) is 11.0. The summed E-state index contributed by atoms with van der Waals surface area (Å²) in [6.45, 7) is 3.51. The molecule has 0 aliphatic carbocycles. The SMILES string of the molecule is Cc1cnn(CCNc2ccc(N)c3nonc23)c1. The van der Waals surface area contributed by atoms with Crippen LogP contribution in [0.4, 0.5) is 11.4 Å². The first kappa shape index (κ1) is 11.5. The second-order valence-electron chi connectivity index (χ2n) is 4.37. The zero-order chi connectivity index (χ0) is 13.2. The highest BCUT2D eigenvalue weighted by molar-refractivity contribution is 5.94. The van der Waals surface area contributed by atoms with Crippen LogP contribution in [0, 0.1) is 6.92 Å². The van der Waals surface area contributed by atoms with Crippen LogP contribution in [0.3, 0.4) is 0 Å². The number of rotatable bonds is 4. The Morgan fingerprint density at radius 2 is 2.16 bits per heavy atom. The lowest BCUT2D eigenvalue weighted by molar-refractivity contribution is 0.315. The Morgan fingerprint density at radius 1 is 1.32 bits per heavy atom. The molecule has 0 bridgehead atoms. The molecular weight excluding hydrogens is 244 g/mol. The number of fused-ring (bicyclic) bond motifs is 1. The molecule has 98 valence electrons. The van der Waals surface area contributed by atoms with Gasteiger partial charge in [0.1, 0.15) is 0 Å². The number of nitrogen functional groups attached to an aromatic ring is 1. The van der Waals surface area contributed by atoms with Crippen LogP contribution in [-0.2, 0) is 6.54 Å². The van der Waals surface area contributed by atoms with Crippen LogP contribution in [0.1, 0.15) is 5.56 Å². The molecule has 19 heavy (non-hydrogen) atoms. The molecule has 0 fully saturated rings. The molecule has 0 amide bonds. The van der Waals surface area contributed by atoms with Crippen LogP contribution in [0.25, 0.3) is 11.0 Å². The standard InChI is InChI=1S/C12H14N6O/c1-8-6-15-18(7-8)5-4-14-10-3-2-9(13)11-12(10)17-19-16-11/h2-3,6-7,14H,4-5,13H2,1H3. The van der Waals surface area contributed by atoms with Crippen molar-refractivity contribution in [3.05, 3.63) is 30.1 Å². The third kappa shape index (κ3) is 2.22. The Kier molecular flexibility index (Phi) is 2.79. The summed E-state index contributed by atoms with van der Waals surface area (Å²) >= 11 is 0. The molecular formula is C12H14N6O. The smallest absolute Gasteiger partial charge is 0.160 e. The molecule has 3 rings (SSSR count). The van der Waals surface area contributed by atoms with Gasteiger partial charge in [-0.1, -0.05) is 0 Å². The predicted octanol–water partition coefficient (Wildman–Crippen LogP) is 1.42. The summed E-state index contributed by atoms with van der Waals surface area (Å²) in [5.41, 5.74) is 9.58. The summed E-state index contributed by atoms with van der Waals surface area (Å²) in [5.74, 6) is 0. The molecule has 7 nitrogen and oxygen atoms in total. The molecule has 0 atom stereocenters. The van der Waals surface area contributed by atoms with E-state index >= 15 is 0 Å². The molecule has 0 saturated carbocycles. The van der Waals surface area contributed by atoms with Gasteiger partial charge in [0.2, 0.25) is 0 Å². The van der Waals surface area contributed by atoms with E-state index in [-0.39, 0.29) is 0 Å². The van der Waals surface area contributed by atoms with Gasteiger partial charge in [0.05, 0.1) is 24.1 Å². The minimum atomic E-state index is 0.560. The van der Waals surface area contributed by atoms with E-state index in [0.29, 0.717) is 16.7 Å². The Bertz CT molecular complexity index is 701. The van der Waals surface area contributed by atoms with Crippen molar-refractivity contribution in [3.8, 4) is 0 Å². The number of aromatic nitrogens is 4. The van der Waals surface area contributed by atoms with Gasteiger partial charge in [0.15, 0.2) is 11.0 Å². The van der Waals surface area contributed by atoms with Crippen molar-refractivity contribution in [2.45, 2.75) is 13.5 Å². The molecule has 2 aromatic heterocycles. The van der Waals surface area contributed by atoms with Gasteiger partial charge < -0.3 is 11.1 Å². The number of nitrogens with zero attached hydrogens (tertiary/aromatic N) is 4. The number of hydrogen-bond acceptors (Lipinski definition) is 6. The maximum Gasteiger partial charge on any atom is 0.160 e. The zero-order valence-electron chi connectivity index (χ0n) is 10.5. The minimum absolute atomic E-state index is 0.560. The van der Waals surface area contributed by atoms with Crippen LogP contribution < -0.4 is 11.1 Å². The number of nitrogens with one attached hydrogen (secondary N) is 1. The first-order valence-corrected chi connectivity index (χ1v) is 5.98. The Morgan fingerprint density at radius 3 is 2.95 bits per heavy atom. The van der Waals surface area contributed by atoms with Crippen LogP contribution in [0.15, 0.2) is 29.2 Å². The maximum absolute atomic E-state index is 5.79. The molecule has 0 spiro atoms. The molecule has 0 radical (unpaired) electrons. The van der Waals surface area contributed by atoms with Crippen LogP contribution in [0.5, 0.6) is 0 Å². The van der Waals surface area contributed by atoms with E-state index in [0.717, 1.165) is 24.3 Å². The third-order valence-corrected chi connectivity index (χ3v) is 2.87. The fourth-order valence-corrected chi connectivity index (χ4v) is 1.92. The zero-order valence-corrected chi connectivity index (χ0v) is 10.5. The molecule has 1 aromatic carbocycles. The van der Waals surface area contributed by atoms with Crippen LogP contribution in [0.2, 0.25) is 0 Å². The van der Waals surface area contributed by atoms with Crippen LogP contribution in [-0.4, -0.2) is 26.6 Å². The molecule has 2 heterocycles. The van der Waals surface area contributed by atoms with Gasteiger partial charge in [-0.25, -0.2) is 4.63 Å². The third-order valence-electron chi connectivity index (χ3n) is 2.87. The van der Waals surface area contributed by atoms with E-state index in [2.05, 4.69) is 20.7 Å². The van der Waals surface area contributed by atoms with E-state index in [1.165, 1.54) is 0 Å². The fourth-order valence-electron chi connectivity index (χ4n) is 1.92. The fraction of sp³-hybridized carbons (Fsp3) is 0.250. The molecule has 0 aliphatic heterocycles. The summed E-state index contributed by atoms with van der Waals surface area (Å²) < 4.78 is 6.60. The van der Waals surface area contributed by atoms with E-state index in [1.54, 1.807) is 6.07 Å². The van der Waals surface area contributed by atoms with Gasteiger partial charge in [-0.05, 0) is 34.9 Å². The molecule has 7 heteroatoms. The summed E-state index contributed by atoms with van der Waals surface area (Å²) in [6.07, 6.45) is 3.83. The average Bonchev–Trinajstić information content (AvgIpc) is 3.02. The molecule has 0 aliphatic rings. The molecule has 0 unspecified atom stereocenters. The van der Waals surface area contributed by atoms with Crippen molar-refractivity contribution in [1.82, 2.24) is 20.1 Å². The lowest BCUT2D eigenvalue weighted by Gasteiger charge is -2.07. The Hall–Kier alpha value is -2.57.